The van der Waals surface area contributed by atoms with E-state index in [-0.39, 0.29) is 11.9 Å². The van der Waals surface area contributed by atoms with Crippen molar-refractivity contribution in [3.05, 3.63) is 29.1 Å². The average Bonchev–Trinajstić information content (AvgIpc) is 2.29. The number of aryl methyl sites for hydroxylation is 2. The van der Waals surface area contributed by atoms with Gasteiger partial charge in [-0.15, -0.1) is 0 Å². The fourth-order valence-electron chi connectivity index (χ4n) is 2.19. The summed E-state index contributed by atoms with van der Waals surface area (Å²) in [6.07, 6.45) is 1.79. The van der Waals surface area contributed by atoms with Crippen LogP contribution in [0, 0.1) is 13.8 Å². The summed E-state index contributed by atoms with van der Waals surface area (Å²) in [5, 5.41) is 0. The van der Waals surface area contributed by atoms with Crippen LogP contribution in [-0.2, 0) is 0 Å². The zero-order valence-corrected chi connectivity index (χ0v) is 10.4. The Kier molecular flexibility index (Phi) is 3.43. The molecule has 0 spiro atoms. The standard InChI is InChI=1S/C13H19N3O/c1-9-3-4-12(10(2)15-9)13(17)16-7-5-11(14)6-8-16/h3-4,11H,5-8,14H2,1-2H3. The van der Waals surface area contributed by atoms with Crippen molar-refractivity contribution >= 4 is 5.91 Å². The number of carbonyl (C=O) groups is 1. The van der Waals surface area contributed by atoms with Gasteiger partial charge in [-0.2, -0.15) is 0 Å². The van der Waals surface area contributed by atoms with Gasteiger partial charge < -0.3 is 10.6 Å². The number of hydrogen-bond donors (Lipinski definition) is 1. The number of amides is 1. The van der Waals surface area contributed by atoms with E-state index < -0.39 is 0 Å². The highest BCUT2D eigenvalue weighted by molar-refractivity contribution is 5.95. The minimum absolute atomic E-state index is 0.0851. The molecule has 1 aliphatic rings. The summed E-state index contributed by atoms with van der Waals surface area (Å²) >= 11 is 0. The molecule has 1 amide bonds. The van der Waals surface area contributed by atoms with Crippen molar-refractivity contribution in [1.29, 1.82) is 0 Å². The van der Waals surface area contributed by atoms with Crippen molar-refractivity contribution in [2.75, 3.05) is 13.1 Å². The first kappa shape index (κ1) is 12.0. The van der Waals surface area contributed by atoms with E-state index in [0.29, 0.717) is 5.56 Å². The summed E-state index contributed by atoms with van der Waals surface area (Å²) in [5.74, 6) is 0.0851. The van der Waals surface area contributed by atoms with Gasteiger partial charge in [0.1, 0.15) is 0 Å². The van der Waals surface area contributed by atoms with Crippen molar-refractivity contribution in [3.63, 3.8) is 0 Å². The lowest BCUT2D eigenvalue weighted by Crippen LogP contribution is -2.43. The van der Waals surface area contributed by atoms with E-state index in [1.807, 2.05) is 30.9 Å². The molecule has 17 heavy (non-hydrogen) atoms. The Bertz CT molecular complexity index is 423. The molecular weight excluding hydrogens is 214 g/mol. The first-order valence-electron chi connectivity index (χ1n) is 6.07. The van der Waals surface area contributed by atoms with E-state index >= 15 is 0 Å². The molecule has 1 saturated heterocycles. The predicted octanol–water partition coefficient (Wildman–Crippen LogP) is 1.26. The molecule has 1 aromatic heterocycles. The van der Waals surface area contributed by atoms with Crippen LogP contribution in [0.15, 0.2) is 12.1 Å². The maximum Gasteiger partial charge on any atom is 0.255 e. The minimum atomic E-state index is 0.0851. The van der Waals surface area contributed by atoms with Gasteiger partial charge in [-0.3, -0.25) is 9.78 Å². The molecule has 1 aliphatic heterocycles. The fraction of sp³-hybridized carbons (Fsp3) is 0.538. The molecule has 92 valence electrons. The first-order chi connectivity index (χ1) is 8.08. The van der Waals surface area contributed by atoms with Gasteiger partial charge in [0.15, 0.2) is 0 Å². The third kappa shape index (κ3) is 2.64. The van der Waals surface area contributed by atoms with Crippen LogP contribution < -0.4 is 5.73 Å². The second kappa shape index (κ2) is 4.84. The second-order valence-corrected chi connectivity index (χ2v) is 4.72. The minimum Gasteiger partial charge on any atom is -0.338 e. The molecule has 0 bridgehead atoms. The molecule has 1 fully saturated rings. The van der Waals surface area contributed by atoms with Crippen LogP contribution >= 0.6 is 0 Å². The molecular formula is C13H19N3O. The maximum atomic E-state index is 12.3. The molecule has 2 rings (SSSR count). The number of carbonyl (C=O) groups excluding carboxylic acids is 1. The smallest absolute Gasteiger partial charge is 0.255 e. The Morgan fingerprint density at radius 3 is 2.59 bits per heavy atom. The highest BCUT2D eigenvalue weighted by Crippen LogP contribution is 2.14. The monoisotopic (exact) mass is 233 g/mol. The van der Waals surface area contributed by atoms with Gasteiger partial charge in [0.2, 0.25) is 0 Å². The largest absolute Gasteiger partial charge is 0.338 e. The number of rotatable bonds is 1. The number of pyridine rings is 1. The number of aromatic nitrogens is 1. The van der Waals surface area contributed by atoms with Gasteiger partial charge in [0, 0.05) is 24.8 Å². The number of nitrogens with zero attached hydrogens (tertiary/aromatic N) is 2. The molecule has 0 aliphatic carbocycles. The zero-order chi connectivity index (χ0) is 12.4. The van der Waals surface area contributed by atoms with Gasteiger partial charge in [-0.25, -0.2) is 0 Å². The average molecular weight is 233 g/mol. The fourth-order valence-corrected chi connectivity index (χ4v) is 2.19. The maximum absolute atomic E-state index is 12.3. The summed E-state index contributed by atoms with van der Waals surface area (Å²) in [7, 11) is 0. The molecule has 0 saturated carbocycles. The van der Waals surface area contributed by atoms with Crippen molar-refractivity contribution in [2.45, 2.75) is 32.7 Å². The molecule has 0 aromatic carbocycles. The Morgan fingerprint density at radius 1 is 1.35 bits per heavy atom. The quantitative estimate of drug-likeness (QED) is 0.794. The lowest BCUT2D eigenvalue weighted by atomic mass is 10.0. The first-order valence-corrected chi connectivity index (χ1v) is 6.07. The molecule has 0 radical (unpaired) electrons. The Balaban J connectivity index is 2.14. The van der Waals surface area contributed by atoms with Crippen molar-refractivity contribution in [1.82, 2.24) is 9.88 Å². The number of likely N-dealkylation sites (tertiary alicyclic amines) is 1. The van der Waals surface area contributed by atoms with E-state index in [4.69, 9.17) is 5.73 Å². The van der Waals surface area contributed by atoms with Gasteiger partial charge in [-0.1, -0.05) is 0 Å². The van der Waals surface area contributed by atoms with Crippen LogP contribution in [0.5, 0.6) is 0 Å². The molecule has 2 heterocycles. The Hall–Kier alpha value is -1.42. The van der Waals surface area contributed by atoms with Gasteiger partial charge in [0.05, 0.1) is 11.3 Å². The third-order valence-corrected chi connectivity index (χ3v) is 3.28. The van der Waals surface area contributed by atoms with E-state index in [1.54, 1.807) is 0 Å². The van der Waals surface area contributed by atoms with Crippen molar-refractivity contribution in [2.24, 2.45) is 5.73 Å². The summed E-state index contributed by atoms with van der Waals surface area (Å²) < 4.78 is 0. The van der Waals surface area contributed by atoms with E-state index in [0.717, 1.165) is 37.3 Å². The van der Waals surface area contributed by atoms with E-state index in [9.17, 15) is 4.79 Å². The molecule has 0 atom stereocenters. The van der Waals surface area contributed by atoms with Gasteiger partial charge in [-0.05, 0) is 38.8 Å². The van der Waals surface area contributed by atoms with Crippen LogP contribution in [0.4, 0.5) is 0 Å². The lowest BCUT2D eigenvalue weighted by Gasteiger charge is -2.30. The number of hydrogen-bond acceptors (Lipinski definition) is 3. The number of piperidine rings is 1. The third-order valence-electron chi connectivity index (χ3n) is 3.28. The lowest BCUT2D eigenvalue weighted by molar-refractivity contribution is 0.0713. The molecule has 4 nitrogen and oxygen atoms in total. The normalized spacial score (nSPS) is 17.2. The van der Waals surface area contributed by atoms with Crippen LogP contribution in [0.1, 0.15) is 34.6 Å². The van der Waals surface area contributed by atoms with Crippen LogP contribution in [0.25, 0.3) is 0 Å². The predicted molar refractivity (Wildman–Crippen MR) is 66.8 cm³/mol. The summed E-state index contributed by atoms with van der Waals surface area (Å²) in [6, 6.07) is 4.00. The topological polar surface area (TPSA) is 59.2 Å². The van der Waals surface area contributed by atoms with Crippen LogP contribution in [0.3, 0.4) is 0 Å². The highest BCUT2D eigenvalue weighted by atomic mass is 16.2. The van der Waals surface area contributed by atoms with Gasteiger partial charge >= 0.3 is 0 Å². The molecule has 1 aromatic rings. The van der Waals surface area contributed by atoms with Crippen molar-refractivity contribution in [3.8, 4) is 0 Å². The molecule has 0 unspecified atom stereocenters. The van der Waals surface area contributed by atoms with Crippen LogP contribution in [0.2, 0.25) is 0 Å². The Morgan fingerprint density at radius 2 is 2.00 bits per heavy atom. The second-order valence-electron chi connectivity index (χ2n) is 4.72. The van der Waals surface area contributed by atoms with Crippen molar-refractivity contribution < 1.29 is 4.79 Å². The summed E-state index contributed by atoms with van der Waals surface area (Å²) in [5.41, 5.74) is 8.30. The summed E-state index contributed by atoms with van der Waals surface area (Å²) in [6.45, 7) is 5.33. The SMILES string of the molecule is Cc1ccc(C(=O)N2CCC(N)CC2)c(C)n1. The zero-order valence-electron chi connectivity index (χ0n) is 10.4. The van der Waals surface area contributed by atoms with Crippen LogP contribution in [-0.4, -0.2) is 34.9 Å². The summed E-state index contributed by atoms with van der Waals surface area (Å²) in [4.78, 5) is 18.5. The van der Waals surface area contributed by atoms with Gasteiger partial charge in [0.25, 0.3) is 5.91 Å². The molecule has 2 N–H and O–H groups in total. The number of nitrogens with two attached hydrogens (primary N) is 1. The van der Waals surface area contributed by atoms with E-state index in [2.05, 4.69) is 4.98 Å². The molecule has 4 heteroatoms. The van der Waals surface area contributed by atoms with E-state index in [1.165, 1.54) is 0 Å². The highest BCUT2D eigenvalue weighted by Gasteiger charge is 2.22. The Labute approximate surface area is 102 Å².